The Bertz CT molecular complexity index is 1110. The van der Waals surface area contributed by atoms with Crippen molar-refractivity contribution in [3.05, 3.63) is 58.9 Å². The van der Waals surface area contributed by atoms with Gasteiger partial charge < -0.3 is 15.5 Å². The van der Waals surface area contributed by atoms with Crippen molar-refractivity contribution in [3.63, 3.8) is 0 Å². The van der Waals surface area contributed by atoms with E-state index in [9.17, 15) is 4.79 Å². The van der Waals surface area contributed by atoms with Crippen LogP contribution in [0.15, 0.2) is 53.3 Å². The third-order valence-corrected chi connectivity index (χ3v) is 4.02. The minimum atomic E-state index is -0.220. The lowest BCUT2D eigenvalue weighted by atomic mass is 10.1. The van der Waals surface area contributed by atoms with Gasteiger partial charge in [0.15, 0.2) is 5.82 Å². The number of nitrogens with one attached hydrogen (secondary N) is 2. The van der Waals surface area contributed by atoms with Crippen molar-refractivity contribution in [2.75, 3.05) is 12.8 Å². The largest absolute Gasteiger partial charge is 0.497 e. The predicted octanol–water partition coefficient (Wildman–Crippen LogP) is 2.57. The zero-order valence-corrected chi connectivity index (χ0v) is 13.4. The van der Waals surface area contributed by atoms with Gasteiger partial charge in [0.1, 0.15) is 11.6 Å². The monoisotopic (exact) mass is 333 g/mol. The van der Waals surface area contributed by atoms with Gasteiger partial charge in [0.05, 0.1) is 29.3 Å². The summed E-state index contributed by atoms with van der Waals surface area (Å²) >= 11 is 0. The topological polar surface area (TPSA) is 110 Å². The van der Waals surface area contributed by atoms with Crippen LogP contribution in [0.3, 0.4) is 0 Å². The molecule has 0 aliphatic carbocycles. The third kappa shape index (κ3) is 2.51. The summed E-state index contributed by atoms with van der Waals surface area (Å²) in [5.41, 5.74) is 8.51. The number of anilines is 1. The molecule has 0 saturated carbocycles. The van der Waals surface area contributed by atoms with E-state index in [-0.39, 0.29) is 11.4 Å². The molecule has 0 radical (unpaired) electrons. The van der Waals surface area contributed by atoms with Crippen LogP contribution >= 0.6 is 0 Å². The second-order valence-corrected chi connectivity index (χ2v) is 5.52. The maximum Gasteiger partial charge on any atom is 0.259 e. The van der Waals surface area contributed by atoms with Crippen molar-refractivity contribution in [2.45, 2.75) is 0 Å². The molecular formula is C18H15N5O2. The maximum atomic E-state index is 12.4. The first-order valence-electron chi connectivity index (χ1n) is 7.65. The van der Waals surface area contributed by atoms with Crippen molar-refractivity contribution in [2.24, 2.45) is 0 Å². The van der Waals surface area contributed by atoms with Crippen molar-refractivity contribution >= 4 is 16.7 Å². The Kier molecular flexibility index (Phi) is 3.46. The highest BCUT2D eigenvalue weighted by atomic mass is 16.5. The Morgan fingerprint density at radius 2 is 1.84 bits per heavy atom. The molecule has 2 aromatic heterocycles. The molecule has 0 amide bonds. The fourth-order valence-corrected chi connectivity index (χ4v) is 2.77. The number of hydrogen-bond acceptors (Lipinski definition) is 5. The quantitative estimate of drug-likeness (QED) is 0.534. The molecule has 0 unspecified atom stereocenters. The summed E-state index contributed by atoms with van der Waals surface area (Å²) in [5.74, 6) is 1.39. The summed E-state index contributed by atoms with van der Waals surface area (Å²) in [6.07, 6.45) is 0. The average Bonchev–Trinajstić information content (AvgIpc) is 3.03. The van der Waals surface area contributed by atoms with Gasteiger partial charge in [-0.15, -0.1) is 0 Å². The Morgan fingerprint density at radius 1 is 1.08 bits per heavy atom. The van der Waals surface area contributed by atoms with Gasteiger partial charge in [-0.2, -0.15) is 5.10 Å². The van der Waals surface area contributed by atoms with Gasteiger partial charge in [-0.3, -0.25) is 9.89 Å². The molecule has 124 valence electrons. The van der Waals surface area contributed by atoms with Crippen LogP contribution in [0.4, 0.5) is 5.82 Å². The lowest BCUT2D eigenvalue weighted by molar-refractivity contribution is 0.415. The number of hydrogen-bond donors (Lipinski definition) is 3. The normalized spacial score (nSPS) is 10.9. The highest BCUT2D eigenvalue weighted by molar-refractivity contribution is 5.87. The fourth-order valence-electron chi connectivity index (χ4n) is 2.77. The van der Waals surface area contributed by atoms with Gasteiger partial charge in [-0.25, -0.2) is 4.98 Å². The minimum Gasteiger partial charge on any atom is -0.497 e. The second kappa shape index (κ2) is 5.79. The van der Waals surface area contributed by atoms with E-state index in [4.69, 9.17) is 10.5 Å². The zero-order chi connectivity index (χ0) is 17.4. The molecule has 2 aromatic carbocycles. The number of aromatic amines is 2. The summed E-state index contributed by atoms with van der Waals surface area (Å²) in [4.78, 5) is 19.7. The summed E-state index contributed by atoms with van der Waals surface area (Å²) in [5, 5.41) is 7.52. The smallest absolute Gasteiger partial charge is 0.259 e. The second-order valence-electron chi connectivity index (χ2n) is 5.52. The molecule has 2 heterocycles. The van der Waals surface area contributed by atoms with Crippen LogP contribution < -0.4 is 16.0 Å². The standard InChI is InChI=1S/C18H15N5O2/c1-25-11-8-6-10(7-9-11)15-14(16(19)23-22-15)17-20-13-5-3-2-4-12(13)18(24)21-17/h2-9H,1H3,(H3,19,22,23)(H,20,21,24). The number of methoxy groups -OCH3 is 1. The number of fused-ring (bicyclic) bond motifs is 1. The van der Waals surface area contributed by atoms with Crippen LogP contribution in [-0.4, -0.2) is 27.3 Å². The van der Waals surface area contributed by atoms with Crippen molar-refractivity contribution in [1.82, 2.24) is 20.2 Å². The first-order valence-corrected chi connectivity index (χ1v) is 7.65. The van der Waals surface area contributed by atoms with Crippen LogP contribution in [0.25, 0.3) is 33.5 Å². The van der Waals surface area contributed by atoms with E-state index >= 15 is 0 Å². The number of nitrogens with zero attached hydrogens (tertiary/aromatic N) is 2. The van der Waals surface area contributed by atoms with Crippen LogP contribution in [0.5, 0.6) is 5.75 Å². The molecule has 4 N–H and O–H groups in total. The number of para-hydroxylation sites is 1. The molecule has 0 spiro atoms. The molecule has 7 heteroatoms. The Morgan fingerprint density at radius 3 is 2.60 bits per heavy atom. The predicted molar refractivity (Wildman–Crippen MR) is 96.3 cm³/mol. The van der Waals surface area contributed by atoms with Crippen LogP contribution in [0, 0.1) is 0 Å². The first-order chi connectivity index (χ1) is 12.2. The molecule has 0 fully saturated rings. The maximum absolute atomic E-state index is 12.4. The number of nitrogen functional groups attached to an aromatic ring is 1. The molecule has 4 aromatic rings. The number of benzene rings is 2. The number of nitrogens with two attached hydrogens (primary N) is 1. The summed E-state index contributed by atoms with van der Waals surface area (Å²) in [6, 6.07) is 14.6. The number of rotatable bonds is 3. The average molecular weight is 333 g/mol. The molecule has 7 nitrogen and oxygen atoms in total. The minimum absolute atomic E-state index is 0.220. The summed E-state index contributed by atoms with van der Waals surface area (Å²) in [7, 11) is 1.61. The van der Waals surface area contributed by atoms with Gasteiger partial charge >= 0.3 is 0 Å². The summed E-state index contributed by atoms with van der Waals surface area (Å²) in [6.45, 7) is 0. The Hall–Kier alpha value is -3.61. The molecule has 0 aliphatic heterocycles. The van der Waals surface area contributed by atoms with Gasteiger partial charge in [0.2, 0.25) is 0 Å². The molecule has 0 aliphatic rings. The molecule has 0 saturated heterocycles. The van der Waals surface area contributed by atoms with Crippen LogP contribution in [0.1, 0.15) is 0 Å². The molecular weight excluding hydrogens is 318 g/mol. The lowest BCUT2D eigenvalue weighted by Gasteiger charge is -2.06. The van der Waals surface area contributed by atoms with Gasteiger partial charge in [-0.1, -0.05) is 12.1 Å². The zero-order valence-electron chi connectivity index (χ0n) is 13.4. The van der Waals surface area contributed by atoms with Crippen LogP contribution in [0.2, 0.25) is 0 Å². The van der Waals surface area contributed by atoms with Crippen molar-refractivity contribution < 1.29 is 4.74 Å². The SMILES string of the molecule is COc1ccc(-c2[nH]nc(N)c2-c2nc3ccccc3c(=O)[nH]2)cc1. The van der Waals surface area contributed by atoms with E-state index in [0.717, 1.165) is 11.3 Å². The van der Waals surface area contributed by atoms with Gasteiger partial charge in [0.25, 0.3) is 5.56 Å². The highest BCUT2D eigenvalue weighted by Crippen LogP contribution is 2.33. The van der Waals surface area contributed by atoms with E-state index in [0.29, 0.717) is 28.0 Å². The number of aromatic nitrogens is 4. The molecule has 4 rings (SSSR count). The van der Waals surface area contributed by atoms with Crippen molar-refractivity contribution in [3.8, 4) is 28.4 Å². The van der Waals surface area contributed by atoms with Gasteiger partial charge in [-0.05, 0) is 36.4 Å². The fraction of sp³-hybridized carbons (Fsp3) is 0.0556. The highest BCUT2D eigenvalue weighted by Gasteiger charge is 2.18. The van der Waals surface area contributed by atoms with E-state index in [1.54, 1.807) is 25.3 Å². The van der Waals surface area contributed by atoms with Crippen molar-refractivity contribution in [1.29, 1.82) is 0 Å². The molecule has 0 bridgehead atoms. The van der Waals surface area contributed by atoms with Crippen LogP contribution in [-0.2, 0) is 0 Å². The van der Waals surface area contributed by atoms with E-state index in [2.05, 4.69) is 20.2 Å². The Balaban J connectivity index is 1.91. The lowest BCUT2D eigenvalue weighted by Crippen LogP contribution is -2.10. The van der Waals surface area contributed by atoms with Gasteiger partial charge in [0, 0.05) is 5.56 Å². The van der Waals surface area contributed by atoms with E-state index in [1.807, 2.05) is 30.3 Å². The van der Waals surface area contributed by atoms with E-state index in [1.165, 1.54) is 0 Å². The van der Waals surface area contributed by atoms with E-state index < -0.39 is 0 Å². The summed E-state index contributed by atoms with van der Waals surface area (Å²) < 4.78 is 5.18. The number of ether oxygens (including phenoxy) is 1. The number of H-pyrrole nitrogens is 2. The third-order valence-electron chi connectivity index (χ3n) is 4.02. The first kappa shape index (κ1) is 14.9. The molecule has 0 atom stereocenters. The Labute approximate surface area is 142 Å². The molecule has 25 heavy (non-hydrogen) atoms.